The van der Waals surface area contributed by atoms with Crippen molar-refractivity contribution in [3.05, 3.63) is 34.0 Å². The van der Waals surface area contributed by atoms with Gasteiger partial charge in [-0.2, -0.15) is 0 Å². The molecule has 0 unspecified atom stereocenters. The number of halogens is 1. The van der Waals surface area contributed by atoms with Gasteiger partial charge in [0, 0.05) is 15.4 Å². The van der Waals surface area contributed by atoms with Crippen molar-refractivity contribution in [1.82, 2.24) is 5.32 Å². The number of aryl methyl sites for hydroxylation is 1. The Balaban J connectivity index is 2.53. The molecule has 80 valence electrons. The maximum atomic E-state index is 5.60. The Hall–Kier alpha value is -0.800. The van der Waals surface area contributed by atoms with E-state index in [0.717, 1.165) is 23.0 Å². The number of benzene rings is 1. The first-order valence-corrected chi connectivity index (χ1v) is 5.83. The number of furan rings is 1. The number of fused-ring (bicyclic) bond motifs is 1. The molecule has 0 amide bonds. The molecule has 0 aliphatic heterocycles. The van der Waals surface area contributed by atoms with Crippen molar-refractivity contribution >= 4 is 26.9 Å². The molecule has 1 N–H and O–H groups in total. The van der Waals surface area contributed by atoms with Crippen LogP contribution in [0.2, 0.25) is 0 Å². The third-order valence-electron chi connectivity index (χ3n) is 2.59. The second-order valence-electron chi connectivity index (χ2n) is 3.68. The maximum Gasteiger partial charge on any atom is 0.138 e. The molecule has 1 aromatic carbocycles. The van der Waals surface area contributed by atoms with E-state index >= 15 is 0 Å². The van der Waals surface area contributed by atoms with Crippen molar-refractivity contribution in [1.29, 1.82) is 0 Å². The molecule has 0 saturated carbocycles. The Bertz CT molecular complexity index is 476. The van der Waals surface area contributed by atoms with Crippen molar-refractivity contribution in [3.8, 4) is 0 Å². The van der Waals surface area contributed by atoms with E-state index in [1.807, 2.05) is 13.3 Å². The second kappa shape index (κ2) is 4.37. The predicted molar refractivity (Wildman–Crippen MR) is 66.3 cm³/mol. The van der Waals surface area contributed by atoms with Crippen LogP contribution in [0.1, 0.15) is 11.1 Å². The summed E-state index contributed by atoms with van der Waals surface area (Å²) in [5.74, 6) is 0. The fourth-order valence-corrected chi connectivity index (χ4v) is 2.31. The monoisotopic (exact) mass is 267 g/mol. The molecule has 3 heteroatoms. The lowest BCUT2D eigenvalue weighted by molar-refractivity contribution is 0.606. The molecule has 1 heterocycles. The molecule has 2 nitrogen and oxygen atoms in total. The van der Waals surface area contributed by atoms with Gasteiger partial charge in [0.2, 0.25) is 0 Å². The van der Waals surface area contributed by atoms with Gasteiger partial charge in [-0.3, -0.25) is 0 Å². The zero-order valence-corrected chi connectivity index (χ0v) is 10.5. The fraction of sp³-hybridized carbons (Fsp3) is 0.333. The molecule has 0 fully saturated rings. The summed E-state index contributed by atoms with van der Waals surface area (Å²) >= 11 is 3.57. The smallest absolute Gasteiger partial charge is 0.138 e. The molecule has 0 atom stereocenters. The summed E-state index contributed by atoms with van der Waals surface area (Å²) < 4.78 is 6.71. The van der Waals surface area contributed by atoms with Crippen LogP contribution in [0.3, 0.4) is 0 Å². The van der Waals surface area contributed by atoms with Gasteiger partial charge in [-0.25, -0.2) is 0 Å². The fourth-order valence-electron chi connectivity index (χ4n) is 1.75. The van der Waals surface area contributed by atoms with E-state index in [4.69, 9.17) is 4.42 Å². The molecule has 1 aromatic heterocycles. The summed E-state index contributed by atoms with van der Waals surface area (Å²) in [6, 6.07) is 4.15. The molecule has 0 radical (unpaired) electrons. The zero-order chi connectivity index (χ0) is 10.8. The minimum atomic E-state index is 0.967. The Kier molecular flexibility index (Phi) is 3.12. The van der Waals surface area contributed by atoms with Crippen molar-refractivity contribution < 1.29 is 4.42 Å². The zero-order valence-electron chi connectivity index (χ0n) is 8.93. The van der Waals surface area contributed by atoms with Gasteiger partial charge in [0.15, 0.2) is 0 Å². The van der Waals surface area contributed by atoms with E-state index < -0.39 is 0 Å². The molecule has 0 aliphatic carbocycles. The van der Waals surface area contributed by atoms with Crippen molar-refractivity contribution in [2.24, 2.45) is 0 Å². The van der Waals surface area contributed by atoms with Gasteiger partial charge < -0.3 is 9.73 Å². The number of likely N-dealkylation sites (N-methyl/N-ethyl adjacent to an activating group) is 1. The van der Waals surface area contributed by atoms with Crippen LogP contribution in [0.15, 0.2) is 27.3 Å². The first-order chi connectivity index (χ1) is 7.24. The first kappa shape index (κ1) is 10.7. The van der Waals surface area contributed by atoms with Gasteiger partial charge in [0.1, 0.15) is 5.58 Å². The lowest BCUT2D eigenvalue weighted by Gasteiger charge is -2.00. The minimum absolute atomic E-state index is 0.967. The van der Waals surface area contributed by atoms with Crippen molar-refractivity contribution in [2.75, 3.05) is 13.6 Å². The largest absolute Gasteiger partial charge is 0.464 e. The SMILES string of the molecule is CNCCc1coc2c(C)ccc(Br)c12. The lowest BCUT2D eigenvalue weighted by atomic mass is 10.1. The summed E-state index contributed by atoms with van der Waals surface area (Å²) in [5.41, 5.74) is 3.44. The van der Waals surface area contributed by atoms with E-state index in [9.17, 15) is 0 Å². The number of hydrogen-bond acceptors (Lipinski definition) is 2. The van der Waals surface area contributed by atoms with Crippen LogP contribution in [0.4, 0.5) is 0 Å². The highest BCUT2D eigenvalue weighted by atomic mass is 79.9. The summed E-state index contributed by atoms with van der Waals surface area (Å²) in [4.78, 5) is 0. The Morgan fingerprint density at radius 1 is 1.40 bits per heavy atom. The molecule has 0 saturated heterocycles. The molecule has 2 aromatic rings. The lowest BCUT2D eigenvalue weighted by Crippen LogP contribution is -2.09. The molecule has 0 bridgehead atoms. The minimum Gasteiger partial charge on any atom is -0.464 e. The van der Waals surface area contributed by atoms with Crippen LogP contribution in [0, 0.1) is 6.92 Å². The number of nitrogens with one attached hydrogen (secondary N) is 1. The van der Waals surface area contributed by atoms with Crippen molar-refractivity contribution in [2.45, 2.75) is 13.3 Å². The molecular formula is C12H14BrNO. The second-order valence-corrected chi connectivity index (χ2v) is 4.54. The highest BCUT2D eigenvalue weighted by molar-refractivity contribution is 9.10. The Morgan fingerprint density at radius 3 is 2.93 bits per heavy atom. The Labute approximate surface area is 97.8 Å². The number of hydrogen-bond donors (Lipinski definition) is 1. The van der Waals surface area contributed by atoms with Crippen molar-refractivity contribution in [3.63, 3.8) is 0 Å². The van der Waals surface area contributed by atoms with Crippen LogP contribution >= 0.6 is 15.9 Å². The van der Waals surface area contributed by atoms with Crippen LogP contribution in [-0.4, -0.2) is 13.6 Å². The average molecular weight is 268 g/mol. The normalized spacial score (nSPS) is 11.1. The van der Waals surface area contributed by atoms with Gasteiger partial charge in [-0.1, -0.05) is 22.0 Å². The summed E-state index contributed by atoms with van der Waals surface area (Å²) in [6.07, 6.45) is 2.85. The van der Waals surface area contributed by atoms with Crippen LogP contribution in [0.25, 0.3) is 11.0 Å². The molecule has 2 rings (SSSR count). The van der Waals surface area contributed by atoms with Crippen LogP contribution in [-0.2, 0) is 6.42 Å². The summed E-state index contributed by atoms with van der Waals surface area (Å²) in [7, 11) is 1.96. The van der Waals surface area contributed by atoms with Crippen LogP contribution < -0.4 is 5.32 Å². The maximum absolute atomic E-state index is 5.60. The van der Waals surface area contributed by atoms with E-state index in [2.05, 4.69) is 40.3 Å². The predicted octanol–water partition coefficient (Wildman–Crippen LogP) is 3.27. The molecule has 0 aliphatic rings. The highest BCUT2D eigenvalue weighted by Gasteiger charge is 2.10. The number of rotatable bonds is 3. The summed E-state index contributed by atoms with van der Waals surface area (Å²) in [5, 5.41) is 4.36. The van der Waals surface area contributed by atoms with E-state index in [1.54, 1.807) is 0 Å². The topological polar surface area (TPSA) is 25.2 Å². The molecular weight excluding hydrogens is 254 g/mol. The van der Waals surface area contributed by atoms with E-state index in [0.29, 0.717) is 0 Å². The Morgan fingerprint density at radius 2 is 2.20 bits per heavy atom. The van der Waals surface area contributed by atoms with E-state index in [-0.39, 0.29) is 0 Å². The molecule has 15 heavy (non-hydrogen) atoms. The van der Waals surface area contributed by atoms with Gasteiger partial charge in [0.25, 0.3) is 0 Å². The third kappa shape index (κ3) is 1.94. The van der Waals surface area contributed by atoms with E-state index in [1.165, 1.54) is 16.5 Å². The first-order valence-electron chi connectivity index (χ1n) is 5.04. The quantitative estimate of drug-likeness (QED) is 0.924. The third-order valence-corrected chi connectivity index (χ3v) is 3.25. The standard InChI is InChI=1S/C12H14BrNO/c1-8-3-4-10(13)11-9(5-6-14-2)7-15-12(8)11/h3-4,7,14H,5-6H2,1-2H3. The van der Waals surface area contributed by atoms with Gasteiger partial charge >= 0.3 is 0 Å². The van der Waals surface area contributed by atoms with Gasteiger partial charge in [0.05, 0.1) is 6.26 Å². The van der Waals surface area contributed by atoms with Gasteiger partial charge in [-0.05, 0) is 38.6 Å². The van der Waals surface area contributed by atoms with Crippen LogP contribution in [0.5, 0.6) is 0 Å². The average Bonchev–Trinajstić information content (AvgIpc) is 2.65. The summed E-state index contributed by atoms with van der Waals surface area (Å²) in [6.45, 7) is 3.04. The molecule has 0 spiro atoms. The highest BCUT2D eigenvalue weighted by Crippen LogP contribution is 2.31. The van der Waals surface area contributed by atoms with Gasteiger partial charge in [-0.15, -0.1) is 0 Å².